The maximum atomic E-state index is 11.9. The molecule has 0 atom stereocenters. The molecule has 0 amide bonds. The number of benzene rings is 2. The van der Waals surface area contributed by atoms with Crippen molar-refractivity contribution in [2.45, 2.75) is 0 Å². The van der Waals surface area contributed by atoms with Crippen molar-refractivity contribution < 1.29 is 19.8 Å². The van der Waals surface area contributed by atoms with E-state index in [-0.39, 0.29) is 28.2 Å². The Balaban J connectivity index is 1.36. The van der Waals surface area contributed by atoms with Gasteiger partial charge in [-0.3, -0.25) is 9.97 Å². The molecule has 4 heterocycles. The van der Waals surface area contributed by atoms with Gasteiger partial charge in [-0.25, -0.2) is 24.5 Å². The summed E-state index contributed by atoms with van der Waals surface area (Å²) in [6.45, 7) is 0. The van der Waals surface area contributed by atoms with Crippen LogP contribution in [0.2, 0.25) is 0 Å². The predicted molar refractivity (Wildman–Crippen MR) is 160 cm³/mol. The molecule has 4 aromatic heterocycles. The van der Waals surface area contributed by atoms with Crippen molar-refractivity contribution in [3.05, 3.63) is 133 Å². The molecule has 6 aromatic rings. The number of carboxylic acid groups (broad SMARTS) is 2. The first kappa shape index (κ1) is 26.9. The Morgan fingerprint density at radius 2 is 1.05 bits per heavy atom. The van der Waals surface area contributed by atoms with E-state index < -0.39 is 11.9 Å². The molecule has 0 saturated heterocycles. The molecule has 0 fully saturated rings. The summed E-state index contributed by atoms with van der Waals surface area (Å²) in [7, 11) is 0. The standard InChI is InChI=1S/C33H22N6O4/c40-32(41)22-12-14-35-28(16-22)30-18-23(33(42)43)17-29(38-30)27-15-21(11-13-34-27)31-36-19-26(20-37-31)39(24-7-3-1-4-8-24)25-9-5-2-6-10-25/h1-20H,(H,40,41)(H,42,43). The van der Waals surface area contributed by atoms with Gasteiger partial charge < -0.3 is 15.1 Å². The van der Waals surface area contributed by atoms with Gasteiger partial charge in [-0.15, -0.1) is 0 Å². The van der Waals surface area contributed by atoms with Crippen LogP contribution in [0.5, 0.6) is 0 Å². The lowest BCUT2D eigenvalue weighted by atomic mass is 10.1. The van der Waals surface area contributed by atoms with E-state index in [9.17, 15) is 19.8 Å². The van der Waals surface area contributed by atoms with Gasteiger partial charge in [0.2, 0.25) is 0 Å². The molecule has 0 aliphatic heterocycles. The SMILES string of the molecule is O=C(O)c1ccnc(-c2cc(C(=O)O)cc(-c3cc(-c4ncc(N(c5ccccc5)c5ccccc5)cn4)ccn3)n2)c1. The number of aromatic carboxylic acids is 2. The first-order chi connectivity index (χ1) is 21.0. The van der Waals surface area contributed by atoms with Crippen molar-refractivity contribution in [2.24, 2.45) is 0 Å². The minimum atomic E-state index is -1.17. The maximum absolute atomic E-state index is 11.9. The summed E-state index contributed by atoms with van der Waals surface area (Å²) in [6.07, 6.45) is 6.39. The summed E-state index contributed by atoms with van der Waals surface area (Å²) < 4.78 is 0. The highest BCUT2D eigenvalue weighted by Crippen LogP contribution is 2.34. The van der Waals surface area contributed by atoms with Crippen LogP contribution in [0.4, 0.5) is 17.1 Å². The number of anilines is 3. The van der Waals surface area contributed by atoms with Crippen LogP contribution in [0.15, 0.2) is 122 Å². The number of hydrogen-bond acceptors (Lipinski definition) is 8. The molecule has 6 rings (SSSR count). The second-order valence-corrected chi connectivity index (χ2v) is 9.37. The highest BCUT2D eigenvalue weighted by Gasteiger charge is 2.17. The summed E-state index contributed by atoms with van der Waals surface area (Å²) in [5.41, 5.74) is 4.39. The third kappa shape index (κ3) is 5.79. The Hall–Kier alpha value is -6.29. The molecular formula is C33H22N6O4. The van der Waals surface area contributed by atoms with Crippen LogP contribution in [0.25, 0.3) is 34.2 Å². The predicted octanol–water partition coefficient (Wildman–Crippen LogP) is 6.53. The fraction of sp³-hybridized carbons (Fsp3) is 0. The third-order valence-electron chi connectivity index (χ3n) is 6.55. The van der Waals surface area contributed by atoms with Crippen molar-refractivity contribution in [3.8, 4) is 34.2 Å². The van der Waals surface area contributed by atoms with Crippen LogP contribution in [0.1, 0.15) is 20.7 Å². The number of rotatable bonds is 8. The van der Waals surface area contributed by atoms with Crippen molar-refractivity contribution in [1.82, 2.24) is 24.9 Å². The molecule has 10 heteroatoms. The van der Waals surface area contributed by atoms with E-state index in [1.807, 2.05) is 60.7 Å². The number of aromatic nitrogens is 5. The second-order valence-electron chi connectivity index (χ2n) is 9.37. The number of para-hydroxylation sites is 2. The minimum Gasteiger partial charge on any atom is -0.478 e. The van der Waals surface area contributed by atoms with Crippen LogP contribution in [0, 0.1) is 0 Å². The molecule has 208 valence electrons. The van der Waals surface area contributed by atoms with Gasteiger partial charge in [-0.05, 0) is 60.7 Å². The van der Waals surface area contributed by atoms with E-state index in [1.54, 1.807) is 30.7 Å². The number of carboxylic acids is 2. The van der Waals surface area contributed by atoms with Crippen LogP contribution in [0.3, 0.4) is 0 Å². The fourth-order valence-corrected chi connectivity index (χ4v) is 4.52. The average molecular weight is 567 g/mol. The van der Waals surface area contributed by atoms with E-state index in [1.165, 1.54) is 30.5 Å². The van der Waals surface area contributed by atoms with Crippen LogP contribution < -0.4 is 4.90 Å². The Bertz CT molecular complexity index is 1890. The molecule has 0 radical (unpaired) electrons. The van der Waals surface area contributed by atoms with Gasteiger partial charge in [-0.2, -0.15) is 0 Å². The highest BCUT2D eigenvalue weighted by molar-refractivity contribution is 5.91. The van der Waals surface area contributed by atoms with Gasteiger partial charge in [0, 0.05) is 29.3 Å². The van der Waals surface area contributed by atoms with Crippen molar-refractivity contribution in [3.63, 3.8) is 0 Å². The van der Waals surface area contributed by atoms with E-state index in [2.05, 4.69) is 29.8 Å². The summed E-state index contributed by atoms with van der Waals surface area (Å²) in [6, 6.07) is 28.7. The Morgan fingerprint density at radius 1 is 0.535 bits per heavy atom. The molecule has 0 spiro atoms. The summed E-state index contributed by atoms with van der Waals surface area (Å²) in [5.74, 6) is -1.86. The quantitative estimate of drug-likeness (QED) is 0.209. The molecule has 10 nitrogen and oxygen atoms in total. The minimum absolute atomic E-state index is 0.00731. The normalized spacial score (nSPS) is 10.7. The molecule has 0 aliphatic rings. The van der Waals surface area contributed by atoms with E-state index in [0.717, 1.165) is 17.1 Å². The zero-order valence-electron chi connectivity index (χ0n) is 22.4. The zero-order valence-corrected chi connectivity index (χ0v) is 22.4. The Kier molecular flexibility index (Phi) is 7.30. The number of pyridine rings is 3. The lowest BCUT2D eigenvalue weighted by molar-refractivity contribution is 0.0686. The van der Waals surface area contributed by atoms with Crippen molar-refractivity contribution in [2.75, 3.05) is 4.90 Å². The van der Waals surface area contributed by atoms with Gasteiger partial charge >= 0.3 is 11.9 Å². The topological polar surface area (TPSA) is 142 Å². The van der Waals surface area contributed by atoms with Gasteiger partial charge in [0.1, 0.15) is 0 Å². The maximum Gasteiger partial charge on any atom is 0.335 e. The molecule has 2 aromatic carbocycles. The summed E-state index contributed by atoms with van der Waals surface area (Å²) in [5, 5.41) is 19.1. The van der Waals surface area contributed by atoms with Crippen LogP contribution >= 0.6 is 0 Å². The van der Waals surface area contributed by atoms with Gasteiger partial charge in [0.15, 0.2) is 5.82 Å². The molecule has 0 saturated carbocycles. The van der Waals surface area contributed by atoms with Crippen molar-refractivity contribution in [1.29, 1.82) is 0 Å². The first-order valence-corrected chi connectivity index (χ1v) is 13.1. The molecule has 2 N–H and O–H groups in total. The first-order valence-electron chi connectivity index (χ1n) is 13.1. The highest BCUT2D eigenvalue weighted by atomic mass is 16.4. The van der Waals surface area contributed by atoms with Crippen LogP contribution in [-0.4, -0.2) is 47.1 Å². The monoisotopic (exact) mass is 566 g/mol. The summed E-state index contributed by atoms with van der Waals surface area (Å²) in [4.78, 5) is 47.9. The Labute approximate surface area is 245 Å². The lowest BCUT2D eigenvalue weighted by Gasteiger charge is -2.24. The molecule has 0 unspecified atom stereocenters. The largest absolute Gasteiger partial charge is 0.478 e. The van der Waals surface area contributed by atoms with Gasteiger partial charge in [-0.1, -0.05) is 36.4 Å². The lowest BCUT2D eigenvalue weighted by Crippen LogP contribution is -2.10. The molecule has 0 bridgehead atoms. The second kappa shape index (κ2) is 11.7. The fourth-order valence-electron chi connectivity index (χ4n) is 4.52. The van der Waals surface area contributed by atoms with Gasteiger partial charge in [0.25, 0.3) is 0 Å². The number of carbonyl (C=O) groups is 2. The third-order valence-corrected chi connectivity index (χ3v) is 6.55. The summed E-state index contributed by atoms with van der Waals surface area (Å²) >= 11 is 0. The molecular weight excluding hydrogens is 544 g/mol. The molecule has 0 aliphatic carbocycles. The van der Waals surface area contributed by atoms with Crippen LogP contribution in [-0.2, 0) is 0 Å². The number of nitrogens with zero attached hydrogens (tertiary/aromatic N) is 6. The zero-order chi connectivity index (χ0) is 29.8. The van der Waals surface area contributed by atoms with E-state index >= 15 is 0 Å². The van der Waals surface area contributed by atoms with E-state index in [0.29, 0.717) is 17.1 Å². The van der Waals surface area contributed by atoms with Gasteiger partial charge in [0.05, 0.1) is 52.0 Å². The Morgan fingerprint density at radius 3 is 1.60 bits per heavy atom. The molecule has 43 heavy (non-hydrogen) atoms. The number of hydrogen-bond donors (Lipinski definition) is 2. The smallest absolute Gasteiger partial charge is 0.335 e. The van der Waals surface area contributed by atoms with E-state index in [4.69, 9.17) is 0 Å². The average Bonchev–Trinajstić information content (AvgIpc) is 3.06. The van der Waals surface area contributed by atoms with Crippen molar-refractivity contribution >= 4 is 29.0 Å².